The average molecular weight is 591 g/mol. The molecule has 2 aliphatic rings. The second kappa shape index (κ2) is 11.0. The molecular weight excluding hydrogens is 555 g/mol. The van der Waals surface area contributed by atoms with Crippen LogP contribution >= 0.6 is 11.3 Å². The number of likely N-dealkylation sites (tertiary alicyclic amines) is 1. The van der Waals surface area contributed by atoms with Gasteiger partial charge in [0, 0.05) is 21.7 Å². The summed E-state index contributed by atoms with van der Waals surface area (Å²) in [5.41, 5.74) is 4.78. The Labute approximate surface area is 256 Å². The lowest BCUT2D eigenvalue weighted by Gasteiger charge is -2.27. The van der Waals surface area contributed by atoms with Crippen LogP contribution in [0.4, 0.5) is 4.79 Å². The number of aromatic amines is 2. The van der Waals surface area contributed by atoms with E-state index in [0.29, 0.717) is 6.54 Å². The van der Waals surface area contributed by atoms with Crippen molar-refractivity contribution in [2.24, 2.45) is 0 Å². The molecule has 1 amide bonds. The van der Waals surface area contributed by atoms with Gasteiger partial charge in [0.15, 0.2) is 7.98 Å². The lowest BCUT2D eigenvalue weighted by Crippen LogP contribution is -2.36. The largest absolute Gasteiger partial charge is 0.444 e. The Kier molecular flexibility index (Phi) is 7.14. The van der Waals surface area contributed by atoms with E-state index in [9.17, 15) is 4.79 Å². The number of amides is 1. The number of aromatic nitrogens is 4. The van der Waals surface area contributed by atoms with E-state index in [-0.39, 0.29) is 18.2 Å². The van der Waals surface area contributed by atoms with Crippen molar-refractivity contribution >= 4 is 35.5 Å². The molecule has 5 aromatic rings. The minimum absolute atomic E-state index is 0.0993. The predicted octanol–water partition coefficient (Wildman–Crippen LogP) is 7.64. The summed E-state index contributed by atoms with van der Waals surface area (Å²) >= 11 is 1.79. The number of nitrogens with one attached hydrogen (secondary N) is 2. The third kappa shape index (κ3) is 5.61. The fourth-order valence-corrected chi connectivity index (χ4v) is 7.24. The second-order valence-electron chi connectivity index (χ2n) is 12.5. The molecule has 2 saturated heterocycles. The molecule has 2 aliphatic heterocycles. The molecule has 0 aliphatic carbocycles. The zero-order chi connectivity index (χ0) is 29.7. The van der Waals surface area contributed by atoms with Crippen LogP contribution in [0.3, 0.4) is 0 Å². The Hall–Kier alpha value is -3.89. The Bertz CT molecular complexity index is 1770. The highest BCUT2D eigenvalue weighted by Crippen LogP contribution is 2.38. The van der Waals surface area contributed by atoms with Crippen molar-refractivity contribution in [2.45, 2.75) is 64.1 Å². The van der Waals surface area contributed by atoms with Crippen molar-refractivity contribution in [3.05, 3.63) is 72.6 Å². The first-order chi connectivity index (χ1) is 20.7. The third-order valence-corrected chi connectivity index (χ3v) is 9.46. The summed E-state index contributed by atoms with van der Waals surface area (Å²) in [7, 11) is 6.15. The number of benzene rings is 2. The Morgan fingerprint density at radius 1 is 0.884 bits per heavy atom. The lowest BCUT2D eigenvalue weighted by atomic mass is 10.1. The number of fused-ring (bicyclic) bond motifs is 1. The van der Waals surface area contributed by atoms with Gasteiger partial charge in [0.05, 0.1) is 35.9 Å². The Morgan fingerprint density at radius 2 is 1.51 bits per heavy atom. The Morgan fingerprint density at radius 3 is 2.21 bits per heavy atom. The number of ether oxygens (including phenoxy) is 1. The molecule has 2 aromatic carbocycles. The fraction of sp³-hybridized carbons (Fsp3) is 0.364. The maximum absolute atomic E-state index is 12.8. The van der Waals surface area contributed by atoms with Gasteiger partial charge in [-0.15, -0.1) is 11.3 Å². The van der Waals surface area contributed by atoms with E-state index in [1.54, 1.807) is 16.2 Å². The highest BCUT2D eigenvalue weighted by Gasteiger charge is 2.35. The minimum Gasteiger partial charge on any atom is -0.444 e. The van der Waals surface area contributed by atoms with Gasteiger partial charge >= 0.3 is 6.09 Å². The van der Waals surface area contributed by atoms with E-state index in [1.807, 2.05) is 38.0 Å². The predicted molar refractivity (Wildman–Crippen MR) is 172 cm³/mol. The van der Waals surface area contributed by atoms with Gasteiger partial charge < -0.3 is 19.5 Å². The molecule has 0 saturated carbocycles. The van der Waals surface area contributed by atoms with Gasteiger partial charge in [-0.3, -0.25) is 4.90 Å². The van der Waals surface area contributed by atoms with Gasteiger partial charge in [0.1, 0.15) is 17.2 Å². The number of carbonyl (C=O) groups is 1. The molecule has 218 valence electrons. The molecule has 0 spiro atoms. The topological polar surface area (TPSA) is 90.1 Å². The summed E-state index contributed by atoms with van der Waals surface area (Å²) in [6.45, 7) is 7.26. The fourth-order valence-electron chi connectivity index (χ4n) is 6.13. The first-order valence-electron chi connectivity index (χ1n) is 15.0. The molecule has 2 radical (unpaired) electrons. The molecule has 10 heteroatoms. The molecule has 5 heterocycles. The number of thiophene rings is 1. The monoisotopic (exact) mass is 590 g/mol. The summed E-state index contributed by atoms with van der Waals surface area (Å²) in [5, 5.41) is 1.22. The number of imidazole rings is 2. The zero-order valence-corrected chi connectivity index (χ0v) is 25.6. The molecule has 43 heavy (non-hydrogen) atoms. The van der Waals surface area contributed by atoms with Crippen molar-refractivity contribution < 1.29 is 9.53 Å². The molecule has 3 aromatic heterocycles. The van der Waals surface area contributed by atoms with Gasteiger partial charge in [0.2, 0.25) is 0 Å². The van der Waals surface area contributed by atoms with Crippen molar-refractivity contribution in [1.29, 1.82) is 0 Å². The number of hydrogen-bond acceptors (Lipinski definition) is 6. The van der Waals surface area contributed by atoms with Crippen LogP contribution in [-0.2, 0) is 4.74 Å². The van der Waals surface area contributed by atoms with Gasteiger partial charge in [-0.2, -0.15) is 0 Å². The quantitative estimate of drug-likeness (QED) is 0.205. The first kappa shape index (κ1) is 27.9. The summed E-state index contributed by atoms with van der Waals surface area (Å²) in [6.07, 6.45) is 7.42. The number of H-pyrrole nitrogens is 2. The van der Waals surface area contributed by atoms with Gasteiger partial charge in [-0.1, -0.05) is 36.4 Å². The van der Waals surface area contributed by atoms with E-state index in [4.69, 9.17) is 12.7 Å². The summed E-state index contributed by atoms with van der Waals surface area (Å²) in [5.74, 6) is 1.74. The van der Waals surface area contributed by atoms with E-state index in [0.717, 1.165) is 66.4 Å². The molecule has 0 unspecified atom stereocenters. The summed E-state index contributed by atoms with van der Waals surface area (Å²) in [4.78, 5) is 33.9. The third-order valence-electron chi connectivity index (χ3n) is 8.31. The van der Waals surface area contributed by atoms with Crippen molar-refractivity contribution in [3.63, 3.8) is 0 Å². The van der Waals surface area contributed by atoms with E-state index in [2.05, 4.69) is 68.5 Å². The lowest BCUT2D eigenvalue weighted by molar-refractivity contribution is 0.0218. The van der Waals surface area contributed by atoms with E-state index >= 15 is 0 Å². The smallest absolute Gasteiger partial charge is 0.410 e. The van der Waals surface area contributed by atoms with Crippen LogP contribution in [0.2, 0.25) is 0 Å². The average Bonchev–Trinajstić information content (AvgIpc) is 3.81. The van der Waals surface area contributed by atoms with Crippen molar-refractivity contribution in [3.8, 4) is 33.0 Å². The van der Waals surface area contributed by atoms with Crippen LogP contribution in [0.5, 0.6) is 0 Å². The maximum atomic E-state index is 12.8. The van der Waals surface area contributed by atoms with E-state index in [1.165, 1.54) is 20.5 Å². The van der Waals surface area contributed by atoms with Gasteiger partial charge in [0.25, 0.3) is 0 Å². The second-order valence-corrected chi connectivity index (χ2v) is 13.6. The number of carbonyl (C=O) groups excluding carboxylic acids is 1. The van der Waals surface area contributed by atoms with Crippen LogP contribution in [0, 0.1) is 0 Å². The molecule has 2 N–H and O–H groups in total. The molecular formula is C33H35BN6O2S. The van der Waals surface area contributed by atoms with Crippen LogP contribution < -0.4 is 0 Å². The highest BCUT2D eigenvalue weighted by molar-refractivity contribution is 7.22. The van der Waals surface area contributed by atoms with Crippen LogP contribution in [0.25, 0.3) is 43.0 Å². The molecule has 2 atom stereocenters. The standard InChI is InChI=1S/C33H35BN6O2S/c1-33(2,3)42-32(41)39-14-4-6-26(39)30-35-18-24(37-30)20-8-10-21(11-9-20)28-17-23-13-12-22(16-29(23)43-28)25-19-36-31(38-25)27-7-5-15-40(27)34/h8-13,16-19,26-27H,4-7,14-15H2,1-3H3,(H,35,37)(H,36,38)/t26-,27-/m0/s1. The zero-order valence-electron chi connectivity index (χ0n) is 24.8. The number of nitrogens with zero attached hydrogens (tertiary/aromatic N) is 4. The molecule has 2 fully saturated rings. The van der Waals surface area contributed by atoms with Gasteiger partial charge in [-0.25, -0.2) is 14.8 Å². The molecule has 8 nitrogen and oxygen atoms in total. The summed E-state index contributed by atoms with van der Waals surface area (Å²) in [6, 6.07) is 17.4. The first-order valence-corrected chi connectivity index (χ1v) is 15.8. The maximum Gasteiger partial charge on any atom is 0.410 e. The number of hydrogen-bond donors (Lipinski definition) is 2. The van der Waals surface area contributed by atoms with Crippen molar-refractivity contribution in [2.75, 3.05) is 13.1 Å². The van der Waals surface area contributed by atoms with Gasteiger partial charge in [-0.05, 0) is 81.6 Å². The molecule has 7 rings (SSSR count). The highest BCUT2D eigenvalue weighted by atomic mass is 32.1. The molecule has 0 bridgehead atoms. The van der Waals surface area contributed by atoms with Crippen LogP contribution in [0.15, 0.2) is 60.9 Å². The Balaban J connectivity index is 1.07. The minimum atomic E-state index is -0.525. The van der Waals surface area contributed by atoms with Crippen molar-refractivity contribution in [1.82, 2.24) is 29.6 Å². The van der Waals surface area contributed by atoms with E-state index < -0.39 is 5.60 Å². The SMILES string of the molecule is [B]N1CCC[C@H]1c1ncc(-c2ccc3cc(-c4ccc(-c5cnc([C@@H]6CCCN6C(=O)OC(C)(C)C)[nH]5)cc4)sc3c2)[nH]1. The van der Waals surface area contributed by atoms with Crippen LogP contribution in [-0.4, -0.2) is 62.4 Å². The number of rotatable bonds is 5. The van der Waals surface area contributed by atoms with Crippen LogP contribution in [0.1, 0.15) is 70.2 Å². The normalized spacial score (nSPS) is 19.5. The summed E-state index contributed by atoms with van der Waals surface area (Å²) < 4.78 is 6.87.